The fourth-order valence-corrected chi connectivity index (χ4v) is 3.08. The van der Waals surface area contributed by atoms with E-state index in [0.29, 0.717) is 26.3 Å². The van der Waals surface area contributed by atoms with Crippen molar-refractivity contribution in [2.75, 3.05) is 26.4 Å². The van der Waals surface area contributed by atoms with Crippen LogP contribution in [0.2, 0.25) is 0 Å². The van der Waals surface area contributed by atoms with Gasteiger partial charge in [0.05, 0.1) is 13.3 Å². The Kier molecular flexibility index (Phi) is 6.50. The van der Waals surface area contributed by atoms with Crippen molar-refractivity contribution in [1.82, 2.24) is 10.2 Å². The van der Waals surface area contributed by atoms with Gasteiger partial charge in [-0.15, -0.1) is 11.3 Å². The van der Waals surface area contributed by atoms with Gasteiger partial charge in [-0.3, -0.25) is 10.1 Å². The highest BCUT2D eigenvalue weighted by atomic mass is 32.1. The molecule has 1 amide bonds. The number of hydrogen-bond donors (Lipinski definition) is 1. The van der Waals surface area contributed by atoms with E-state index in [9.17, 15) is 4.79 Å². The van der Waals surface area contributed by atoms with E-state index in [1.807, 2.05) is 4.90 Å². The number of piperidine rings is 1. The highest BCUT2D eigenvalue weighted by molar-refractivity contribution is 7.10. The number of thiophene rings is 1. The summed E-state index contributed by atoms with van der Waals surface area (Å²) < 4.78 is 5.53. The lowest BCUT2D eigenvalue weighted by molar-refractivity contribution is -0.132. The molecule has 2 rings (SSSR count). The molecule has 0 aromatic carbocycles. The minimum Gasteiger partial charge on any atom is -0.362 e. The van der Waals surface area contributed by atoms with Crippen LogP contribution in [0.4, 0.5) is 0 Å². The van der Waals surface area contributed by atoms with Crippen molar-refractivity contribution in [1.29, 1.82) is 0 Å². The summed E-state index contributed by atoms with van der Waals surface area (Å²) in [5, 5.41) is 5.29. The number of nitrogens with zero attached hydrogens (tertiary/aromatic N) is 1. The molecule has 1 aliphatic rings. The minimum absolute atomic E-state index is 0. The molecule has 5 heteroatoms. The molecule has 0 bridgehead atoms. The van der Waals surface area contributed by atoms with Crippen LogP contribution in [0.3, 0.4) is 0 Å². The van der Waals surface area contributed by atoms with Gasteiger partial charge in [-0.25, -0.2) is 0 Å². The molecule has 0 saturated carbocycles. The number of hydrogen-bond acceptors (Lipinski definition) is 4. The normalized spacial score (nSPS) is 15.6. The van der Waals surface area contributed by atoms with Crippen molar-refractivity contribution in [2.45, 2.75) is 39.2 Å². The molecule has 2 heterocycles. The quantitative estimate of drug-likeness (QED) is 0.621. The van der Waals surface area contributed by atoms with E-state index in [4.69, 9.17) is 4.74 Å². The predicted octanol–water partition coefficient (Wildman–Crippen LogP) is 2.77. The third-order valence-electron chi connectivity index (χ3n) is 3.48. The summed E-state index contributed by atoms with van der Waals surface area (Å²) in [6.07, 6.45) is 4.14. The summed E-state index contributed by atoms with van der Waals surface area (Å²) in [5.41, 5.74) is 1.22. The molecule has 4 nitrogen and oxygen atoms in total. The van der Waals surface area contributed by atoms with Crippen LogP contribution in [0.25, 0.3) is 0 Å². The maximum atomic E-state index is 11.9. The molecule has 20 heavy (non-hydrogen) atoms. The molecule has 0 radical (unpaired) electrons. The Balaban J connectivity index is 0.00000220. The number of amides is 1. The largest absolute Gasteiger partial charge is 0.362 e. The highest BCUT2D eigenvalue weighted by Crippen LogP contribution is 2.13. The van der Waals surface area contributed by atoms with E-state index < -0.39 is 0 Å². The highest BCUT2D eigenvalue weighted by Gasteiger charge is 2.15. The lowest BCUT2D eigenvalue weighted by Crippen LogP contribution is -2.37. The number of likely N-dealkylation sites (tertiary alicyclic amines) is 1. The van der Waals surface area contributed by atoms with Gasteiger partial charge in [0.2, 0.25) is 5.91 Å². The molecule has 1 saturated heterocycles. The van der Waals surface area contributed by atoms with Gasteiger partial charge in [-0.05, 0) is 43.2 Å². The molecular weight excluding hydrogens is 272 g/mol. The van der Waals surface area contributed by atoms with Gasteiger partial charge in [-0.1, -0.05) is 0 Å². The second kappa shape index (κ2) is 8.39. The number of carbonyl (C=O) groups is 1. The van der Waals surface area contributed by atoms with E-state index in [2.05, 4.69) is 23.7 Å². The lowest BCUT2D eigenvalue weighted by atomic mass is 10.1. The van der Waals surface area contributed by atoms with Gasteiger partial charge in [0.15, 0.2) is 0 Å². The zero-order chi connectivity index (χ0) is 14.2. The van der Waals surface area contributed by atoms with E-state index >= 15 is 0 Å². The van der Waals surface area contributed by atoms with Gasteiger partial charge in [0.1, 0.15) is 0 Å². The molecule has 0 atom stereocenters. The zero-order valence-corrected chi connectivity index (χ0v) is 13.0. The Morgan fingerprint density at radius 1 is 1.45 bits per heavy atom. The Bertz CT molecular complexity index is 420. The summed E-state index contributed by atoms with van der Waals surface area (Å²) >= 11 is 1.74. The first-order chi connectivity index (χ1) is 9.75. The Hall–Kier alpha value is -0.910. The topological polar surface area (TPSA) is 41.6 Å². The molecule has 0 spiro atoms. The van der Waals surface area contributed by atoms with Crippen LogP contribution in [0.15, 0.2) is 11.4 Å². The molecule has 0 unspecified atom stereocenters. The fourth-order valence-electron chi connectivity index (χ4n) is 2.38. The van der Waals surface area contributed by atoms with E-state index in [1.54, 1.807) is 11.3 Å². The first-order valence-electron chi connectivity index (χ1n) is 7.36. The Morgan fingerprint density at radius 3 is 2.95 bits per heavy atom. The predicted molar refractivity (Wildman–Crippen MR) is 83.9 cm³/mol. The molecule has 0 aliphatic carbocycles. The standard InChI is InChI=1S/C15H24N2O2S.H2/c1-13-9-14(11-20-13)10-19-12-16-6-5-15(18)17-7-3-2-4-8-17;/h9,11,16H,2-8,10,12H2,1H3;1H. The minimum atomic E-state index is 0. The second-order valence-corrected chi connectivity index (χ2v) is 6.37. The number of rotatable bonds is 7. The first kappa shape index (κ1) is 15.5. The molecule has 1 aromatic heterocycles. The van der Waals surface area contributed by atoms with Crippen molar-refractivity contribution in [3.63, 3.8) is 0 Å². The summed E-state index contributed by atoms with van der Waals surface area (Å²) in [6, 6.07) is 2.14. The zero-order valence-electron chi connectivity index (χ0n) is 12.2. The van der Waals surface area contributed by atoms with Gasteiger partial charge >= 0.3 is 0 Å². The lowest BCUT2D eigenvalue weighted by Gasteiger charge is -2.26. The number of aryl methyl sites for hydroxylation is 1. The van der Waals surface area contributed by atoms with Crippen molar-refractivity contribution in [2.24, 2.45) is 0 Å². The molecule has 1 aromatic rings. The molecule has 1 N–H and O–H groups in total. The van der Waals surface area contributed by atoms with Crippen LogP contribution < -0.4 is 5.32 Å². The molecule has 114 valence electrons. The van der Waals surface area contributed by atoms with Gasteiger partial charge in [-0.2, -0.15) is 0 Å². The Labute approximate surface area is 126 Å². The van der Waals surface area contributed by atoms with Crippen molar-refractivity contribution in [3.05, 3.63) is 21.9 Å². The maximum Gasteiger partial charge on any atom is 0.223 e. The summed E-state index contributed by atoms with van der Waals surface area (Å²) in [7, 11) is 0. The number of ether oxygens (including phenoxy) is 1. The van der Waals surface area contributed by atoms with Crippen LogP contribution in [0, 0.1) is 6.92 Å². The molecular formula is C15H26N2O2S. The van der Waals surface area contributed by atoms with E-state index in [-0.39, 0.29) is 7.33 Å². The monoisotopic (exact) mass is 298 g/mol. The second-order valence-electron chi connectivity index (χ2n) is 5.25. The molecule has 1 fully saturated rings. The van der Waals surface area contributed by atoms with Crippen LogP contribution in [-0.4, -0.2) is 37.2 Å². The summed E-state index contributed by atoms with van der Waals surface area (Å²) in [6.45, 7) is 5.80. The SMILES string of the molecule is Cc1cc(COCNCCC(=O)N2CCCCC2)cs1.[HH]. The van der Waals surface area contributed by atoms with Gasteiger partial charge < -0.3 is 9.64 Å². The van der Waals surface area contributed by atoms with E-state index in [0.717, 1.165) is 25.9 Å². The van der Waals surface area contributed by atoms with Crippen LogP contribution in [-0.2, 0) is 16.1 Å². The number of carbonyl (C=O) groups excluding carboxylic acids is 1. The van der Waals surface area contributed by atoms with Gasteiger partial charge in [0, 0.05) is 32.4 Å². The van der Waals surface area contributed by atoms with Crippen LogP contribution >= 0.6 is 11.3 Å². The van der Waals surface area contributed by atoms with Crippen molar-refractivity contribution < 1.29 is 11.0 Å². The average molecular weight is 298 g/mol. The van der Waals surface area contributed by atoms with E-state index in [1.165, 1.54) is 16.9 Å². The van der Waals surface area contributed by atoms with Gasteiger partial charge in [0.25, 0.3) is 0 Å². The third kappa shape index (κ3) is 5.23. The first-order valence-corrected chi connectivity index (χ1v) is 8.24. The maximum absolute atomic E-state index is 11.9. The van der Waals surface area contributed by atoms with Crippen molar-refractivity contribution >= 4 is 17.2 Å². The summed E-state index contributed by atoms with van der Waals surface area (Å²) in [4.78, 5) is 15.2. The number of nitrogens with one attached hydrogen (secondary N) is 1. The van der Waals surface area contributed by atoms with Crippen molar-refractivity contribution in [3.8, 4) is 0 Å². The van der Waals surface area contributed by atoms with Crippen LogP contribution in [0.5, 0.6) is 0 Å². The fraction of sp³-hybridized carbons (Fsp3) is 0.667. The average Bonchev–Trinajstić information content (AvgIpc) is 2.89. The summed E-state index contributed by atoms with van der Waals surface area (Å²) in [5.74, 6) is 0.269. The van der Waals surface area contributed by atoms with Crippen LogP contribution in [0.1, 0.15) is 37.6 Å². The third-order valence-corrected chi connectivity index (χ3v) is 4.39. The molecule has 1 aliphatic heterocycles. The Morgan fingerprint density at radius 2 is 2.25 bits per heavy atom. The smallest absolute Gasteiger partial charge is 0.223 e.